The van der Waals surface area contributed by atoms with Gasteiger partial charge in [-0.25, -0.2) is 0 Å². The lowest BCUT2D eigenvalue weighted by Crippen LogP contribution is -2.34. The lowest BCUT2D eigenvalue weighted by Gasteiger charge is -2.14. The third-order valence-electron chi connectivity index (χ3n) is 4.25. The Balaban J connectivity index is 2.04. The Morgan fingerprint density at radius 2 is 1.92 bits per heavy atom. The summed E-state index contributed by atoms with van der Waals surface area (Å²) >= 11 is 0. The maximum absolute atomic E-state index is 12.5. The summed E-state index contributed by atoms with van der Waals surface area (Å²) in [5.41, 5.74) is 2.34. The van der Waals surface area contributed by atoms with Gasteiger partial charge in [-0.15, -0.1) is 0 Å². The summed E-state index contributed by atoms with van der Waals surface area (Å²) in [4.78, 5) is 24.1. The Morgan fingerprint density at radius 3 is 2.50 bits per heavy atom. The van der Waals surface area contributed by atoms with Crippen LogP contribution >= 0.6 is 0 Å². The van der Waals surface area contributed by atoms with Gasteiger partial charge in [0.25, 0.3) is 5.91 Å². The smallest absolute Gasteiger partial charge is 0.308 e. The zero-order chi connectivity index (χ0) is 19.1. The lowest BCUT2D eigenvalue weighted by atomic mass is 9.99. The molecule has 1 aromatic heterocycles. The largest absolute Gasteiger partial charge is 0.481 e. The van der Waals surface area contributed by atoms with E-state index in [2.05, 4.69) is 24.3 Å². The monoisotopic (exact) mass is 357 g/mol. The van der Waals surface area contributed by atoms with Crippen LogP contribution in [0, 0.1) is 11.8 Å². The molecule has 1 unspecified atom stereocenters. The number of nitrogens with zero attached hydrogens (tertiary/aromatic N) is 2. The van der Waals surface area contributed by atoms with E-state index >= 15 is 0 Å². The third kappa shape index (κ3) is 5.18. The predicted octanol–water partition coefficient (Wildman–Crippen LogP) is 2.77. The Hall–Kier alpha value is -2.63. The van der Waals surface area contributed by atoms with Crippen molar-refractivity contribution in [1.82, 2.24) is 15.1 Å². The highest BCUT2D eigenvalue weighted by molar-refractivity contribution is 5.95. The number of carbonyl (C=O) groups excluding carboxylic acids is 1. The molecule has 1 atom stereocenters. The van der Waals surface area contributed by atoms with Crippen molar-refractivity contribution in [3.8, 4) is 0 Å². The minimum atomic E-state index is -0.916. The van der Waals surface area contributed by atoms with Gasteiger partial charge < -0.3 is 10.4 Å². The van der Waals surface area contributed by atoms with Gasteiger partial charge in [0, 0.05) is 13.1 Å². The van der Waals surface area contributed by atoms with E-state index in [4.69, 9.17) is 0 Å². The van der Waals surface area contributed by atoms with Crippen LogP contribution in [0.3, 0.4) is 0 Å². The fourth-order valence-electron chi connectivity index (χ4n) is 2.93. The van der Waals surface area contributed by atoms with Crippen LogP contribution in [-0.2, 0) is 24.2 Å². The highest BCUT2D eigenvalue weighted by Crippen LogP contribution is 2.13. The predicted molar refractivity (Wildman–Crippen MR) is 100 cm³/mol. The van der Waals surface area contributed by atoms with Crippen LogP contribution in [0.4, 0.5) is 0 Å². The number of carbonyl (C=O) groups is 2. The topological polar surface area (TPSA) is 84.2 Å². The zero-order valence-electron chi connectivity index (χ0n) is 15.6. The first kappa shape index (κ1) is 19.7. The van der Waals surface area contributed by atoms with Crippen molar-refractivity contribution in [3.05, 3.63) is 53.3 Å². The molecule has 140 valence electrons. The van der Waals surface area contributed by atoms with Crippen molar-refractivity contribution < 1.29 is 14.7 Å². The summed E-state index contributed by atoms with van der Waals surface area (Å²) in [6.07, 6.45) is 2.65. The maximum atomic E-state index is 12.5. The number of aromatic nitrogens is 2. The fraction of sp³-hybridized carbons (Fsp3) is 0.450. The SMILES string of the molecule is CCc1c(C(=O)NCC(Cc2ccccc2)C(=O)O)cnn1CC(C)C. The van der Waals surface area contributed by atoms with Crippen LogP contribution in [0.15, 0.2) is 36.5 Å². The second kappa shape index (κ2) is 9.17. The molecule has 1 aromatic carbocycles. The first-order valence-corrected chi connectivity index (χ1v) is 9.02. The quantitative estimate of drug-likeness (QED) is 0.723. The molecule has 1 amide bonds. The minimum Gasteiger partial charge on any atom is -0.481 e. The molecule has 26 heavy (non-hydrogen) atoms. The Morgan fingerprint density at radius 1 is 1.23 bits per heavy atom. The number of aliphatic carboxylic acids is 1. The van der Waals surface area contributed by atoms with Gasteiger partial charge in [0.05, 0.1) is 23.4 Å². The molecule has 2 N–H and O–H groups in total. The van der Waals surface area contributed by atoms with Crippen LogP contribution in [0.2, 0.25) is 0 Å². The number of carboxylic acid groups (broad SMARTS) is 1. The first-order chi connectivity index (χ1) is 12.4. The Kier molecular flexibility index (Phi) is 6.95. The number of rotatable bonds is 9. The van der Waals surface area contributed by atoms with Crippen molar-refractivity contribution in [3.63, 3.8) is 0 Å². The molecule has 0 saturated carbocycles. The molecule has 0 aliphatic rings. The summed E-state index contributed by atoms with van der Waals surface area (Å²) in [5.74, 6) is -1.42. The van der Waals surface area contributed by atoms with Crippen LogP contribution in [0.25, 0.3) is 0 Å². The molecule has 6 heteroatoms. The van der Waals surface area contributed by atoms with Crippen LogP contribution in [0.1, 0.15) is 42.4 Å². The van der Waals surface area contributed by atoms with Crippen molar-refractivity contribution in [2.24, 2.45) is 11.8 Å². The Labute approximate surface area is 154 Å². The molecule has 2 aromatic rings. The second-order valence-electron chi connectivity index (χ2n) is 6.87. The normalized spacial score (nSPS) is 12.2. The molecule has 0 radical (unpaired) electrons. The number of benzene rings is 1. The molecule has 0 saturated heterocycles. The standard InChI is InChI=1S/C20H27N3O3/c1-4-18-17(12-22-23(18)13-14(2)3)19(24)21-11-16(20(25)26)10-15-8-6-5-7-9-15/h5-9,12,14,16H,4,10-11,13H2,1-3H3,(H,21,24)(H,25,26). The van der Waals surface area contributed by atoms with E-state index < -0.39 is 11.9 Å². The fourth-order valence-corrected chi connectivity index (χ4v) is 2.93. The molecule has 0 fully saturated rings. The summed E-state index contributed by atoms with van der Waals surface area (Å²) < 4.78 is 1.86. The van der Waals surface area contributed by atoms with Gasteiger partial charge in [0.1, 0.15) is 0 Å². The molecule has 0 aliphatic heterocycles. The van der Waals surface area contributed by atoms with Gasteiger partial charge in [-0.3, -0.25) is 14.3 Å². The average molecular weight is 357 g/mol. The van der Waals surface area contributed by atoms with Gasteiger partial charge in [-0.05, 0) is 24.3 Å². The molecule has 2 rings (SSSR count). The number of amides is 1. The zero-order valence-corrected chi connectivity index (χ0v) is 15.6. The van der Waals surface area contributed by atoms with E-state index in [1.165, 1.54) is 0 Å². The maximum Gasteiger partial charge on any atom is 0.308 e. The number of carboxylic acids is 1. The Bertz CT molecular complexity index is 738. The van der Waals surface area contributed by atoms with Gasteiger partial charge in [-0.2, -0.15) is 5.10 Å². The first-order valence-electron chi connectivity index (χ1n) is 9.02. The van der Waals surface area contributed by atoms with Gasteiger partial charge >= 0.3 is 5.97 Å². The van der Waals surface area contributed by atoms with E-state index in [0.29, 0.717) is 24.3 Å². The van der Waals surface area contributed by atoms with Crippen LogP contribution < -0.4 is 5.32 Å². The van der Waals surface area contributed by atoms with Crippen molar-refractivity contribution in [1.29, 1.82) is 0 Å². The van der Waals surface area contributed by atoms with Crippen molar-refractivity contribution in [2.75, 3.05) is 6.54 Å². The van der Waals surface area contributed by atoms with Gasteiger partial charge in [0.2, 0.25) is 0 Å². The summed E-state index contributed by atoms with van der Waals surface area (Å²) in [7, 11) is 0. The highest BCUT2D eigenvalue weighted by Gasteiger charge is 2.21. The van der Waals surface area contributed by atoms with E-state index in [1.807, 2.05) is 41.9 Å². The molecule has 0 spiro atoms. The van der Waals surface area contributed by atoms with E-state index in [9.17, 15) is 14.7 Å². The van der Waals surface area contributed by atoms with E-state index in [1.54, 1.807) is 6.20 Å². The van der Waals surface area contributed by atoms with Crippen molar-refractivity contribution in [2.45, 2.75) is 40.2 Å². The molecular formula is C20H27N3O3. The summed E-state index contributed by atoms with van der Waals surface area (Å²) in [6.45, 7) is 7.02. The van der Waals surface area contributed by atoms with Gasteiger partial charge in [-0.1, -0.05) is 51.1 Å². The van der Waals surface area contributed by atoms with Crippen LogP contribution in [-0.4, -0.2) is 33.3 Å². The number of hydrogen-bond donors (Lipinski definition) is 2. The molecular weight excluding hydrogens is 330 g/mol. The van der Waals surface area contributed by atoms with Crippen molar-refractivity contribution >= 4 is 11.9 Å². The lowest BCUT2D eigenvalue weighted by molar-refractivity contribution is -0.141. The molecule has 0 aliphatic carbocycles. The average Bonchev–Trinajstić information content (AvgIpc) is 3.00. The van der Waals surface area contributed by atoms with E-state index in [0.717, 1.165) is 17.8 Å². The second-order valence-corrected chi connectivity index (χ2v) is 6.87. The molecule has 6 nitrogen and oxygen atoms in total. The van der Waals surface area contributed by atoms with Crippen LogP contribution in [0.5, 0.6) is 0 Å². The number of nitrogens with one attached hydrogen (secondary N) is 1. The van der Waals surface area contributed by atoms with E-state index in [-0.39, 0.29) is 12.5 Å². The third-order valence-corrected chi connectivity index (χ3v) is 4.25. The minimum absolute atomic E-state index is 0.0849. The summed E-state index contributed by atoms with van der Waals surface area (Å²) in [6, 6.07) is 9.43. The molecule has 1 heterocycles. The summed E-state index contributed by atoms with van der Waals surface area (Å²) in [5, 5.41) is 16.5. The van der Waals surface area contributed by atoms with Gasteiger partial charge in [0.15, 0.2) is 0 Å². The molecule has 0 bridgehead atoms. The number of hydrogen-bond acceptors (Lipinski definition) is 3. The highest BCUT2D eigenvalue weighted by atomic mass is 16.4.